The van der Waals surface area contributed by atoms with E-state index in [9.17, 15) is 4.79 Å². The fraction of sp³-hybridized carbons (Fsp3) is 0.889. The van der Waals surface area contributed by atoms with Crippen LogP contribution in [-0.2, 0) is 4.79 Å². The highest BCUT2D eigenvalue weighted by Gasteiger charge is 2.05. The van der Waals surface area contributed by atoms with Crippen LogP contribution in [0.3, 0.4) is 0 Å². The molecule has 0 aliphatic heterocycles. The number of aliphatic hydroxyl groups is 1. The molecule has 0 spiro atoms. The normalized spacial score (nSPS) is 12.5. The average Bonchev–Trinajstić information content (AvgIpc) is 2.10. The minimum atomic E-state index is -0.107. The van der Waals surface area contributed by atoms with Crippen molar-refractivity contribution in [2.75, 3.05) is 13.2 Å². The molecule has 0 heterocycles. The van der Waals surface area contributed by atoms with E-state index in [1.54, 1.807) is 6.92 Å². The van der Waals surface area contributed by atoms with Gasteiger partial charge in [-0.15, -0.1) is 0 Å². The lowest BCUT2D eigenvalue weighted by atomic mass is 10.2. The number of hydrogen-bond donors (Lipinski definition) is 2. The van der Waals surface area contributed by atoms with Crippen LogP contribution in [-0.4, -0.2) is 29.0 Å². The van der Waals surface area contributed by atoms with Crippen molar-refractivity contribution in [2.24, 2.45) is 0 Å². The number of carbonyl (C=O) groups excluding carboxylic acids is 1. The summed E-state index contributed by atoms with van der Waals surface area (Å²) in [5, 5.41) is 11.3. The number of nitrogens with one attached hydrogen (secondary N) is 1. The zero-order chi connectivity index (χ0) is 10.1. The van der Waals surface area contributed by atoms with Gasteiger partial charge in [-0.2, -0.15) is 0 Å². The van der Waals surface area contributed by atoms with Crippen LogP contribution in [0.25, 0.3) is 0 Å². The van der Waals surface area contributed by atoms with Crippen molar-refractivity contribution < 1.29 is 9.90 Å². The molecule has 4 heteroatoms. The van der Waals surface area contributed by atoms with E-state index in [2.05, 4.69) is 21.2 Å². The Morgan fingerprint density at radius 1 is 1.38 bits per heavy atom. The van der Waals surface area contributed by atoms with Crippen molar-refractivity contribution in [2.45, 2.75) is 37.4 Å². The van der Waals surface area contributed by atoms with E-state index in [-0.39, 0.29) is 17.3 Å². The maximum Gasteiger partial charge on any atom is 0.233 e. The predicted molar refractivity (Wildman–Crippen MR) is 57.0 cm³/mol. The van der Waals surface area contributed by atoms with Crippen LogP contribution in [0.15, 0.2) is 0 Å². The Kier molecular flexibility index (Phi) is 8.45. The van der Waals surface area contributed by atoms with Crippen LogP contribution in [0.4, 0.5) is 0 Å². The van der Waals surface area contributed by atoms with Gasteiger partial charge in [0, 0.05) is 13.2 Å². The molecule has 2 N–H and O–H groups in total. The van der Waals surface area contributed by atoms with Crippen LogP contribution in [0.2, 0.25) is 0 Å². The summed E-state index contributed by atoms with van der Waals surface area (Å²) in [6.45, 7) is 2.81. The van der Waals surface area contributed by atoms with Crippen molar-refractivity contribution in [3.8, 4) is 0 Å². The zero-order valence-electron chi connectivity index (χ0n) is 8.05. The van der Waals surface area contributed by atoms with Gasteiger partial charge in [-0.05, 0) is 19.8 Å². The number of carbonyl (C=O) groups is 1. The molecule has 0 aromatic carbocycles. The first-order chi connectivity index (χ1) is 6.18. The van der Waals surface area contributed by atoms with Crippen LogP contribution >= 0.6 is 15.9 Å². The van der Waals surface area contributed by atoms with Gasteiger partial charge in [-0.3, -0.25) is 4.79 Å². The quantitative estimate of drug-likeness (QED) is 0.532. The molecule has 13 heavy (non-hydrogen) atoms. The first kappa shape index (κ1) is 12.9. The lowest BCUT2D eigenvalue weighted by Crippen LogP contribution is -2.30. The third-order valence-electron chi connectivity index (χ3n) is 1.75. The zero-order valence-corrected chi connectivity index (χ0v) is 9.64. The van der Waals surface area contributed by atoms with E-state index in [1.165, 1.54) is 0 Å². The molecule has 1 amide bonds. The molecule has 3 nitrogen and oxygen atoms in total. The summed E-state index contributed by atoms with van der Waals surface area (Å²) in [7, 11) is 0. The maximum atomic E-state index is 11.0. The third-order valence-corrected chi connectivity index (χ3v) is 2.16. The van der Waals surface area contributed by atoms with Gasteiger partial charge in [-0.1, -0.05) is 28.8 Å². The van der Waals surface area contributed by atoms with E-state index in [0.717, 1.165) is 32.2 Å². The first-order valence-corrected chi connectivity index (χ1v) is 5.62. The highest BCUT2D eigenvalue weighted by Crippen LogP contribution is 1.99. The maximum absolute atomic E-state index is 11.0. The smallest absolute Gasteiger partial charge is 0.233 e. The number of amides is 1. The first-order valence-electron chi connectivity index (χ1n) is 4.71. The second-order valence-electron chi connectivity index (χ2n) is 3.04. The lowest BCUT2D eigenvalue weighted by molar-refractivity contribution is -0.120. The van der Waals surface area contributed by atoms with E-state index in [0.29, 0.717) is 0 Å². The van der Waals surface area contributed by atoms with Crippen LogP contribution in [0.5, 0.6) is 0 Å². The Balaban J connectivity index is 3.12. The summed E-state index contributed by atoms with van der Waals surface area (Å²) < 4.78 is 0. The molecule has 78 valence electrons. The van der Waals surface area contributed by atoms with Gasteiger partial charge < -0.3 is 10.4 Å². The summed E-state index contributed by atoms with van der Waals surface area (Å²) in [5.74, 6) is 0.0437. The second kappa shape index (κ2) is 8.51. The van der Waals surface area contributed by atoms with Gasteiger partial charge in [0.1, 0.15) is 0 Å². The monoisotopic (exact) mass is 251 g/mol. The van der Waals surface area contributed by atoms with Gasteiger partial charge in [0.25, 0.3) is 0 Å². The molecule has 0 saturated carbocycles. The summed E-state index contributed by atoms with van der Waals surface area (Å²) in [6, 6.07) is 0. The Morgan fingerprint density at radius 2 is 2.00 bits per heavy atom. The molecular weight excluding hydrogens is 234 g/mol. The highest BCUT2D eigenvalue weighted by atomic mass is 79.9. The largest absolute Gasteiger partial charge is 0.396 e. The van der Waals surface area contributed by atoms with E-state index < -0.39 is 0 Å². The number of unbranched alkanes of at least 4 members (excludes halogenated alkanes) is 3. The van der Waals surface area contributed by atoms with Gasteiger partial charge >= 0.3 is 0 Å². The number of rotatable bonds is 7. The number of halogens is 1. The van der Waals surface area contributed by atoms with Crippen molar-refractivity contribution in [1.82, 2.24) is 5.32 Å². The third kappa shape index (κ3) is 8.25. The number of alkyl halides is 1. The predicted octanol–water partition coefficient (Wildman–Crippen LogP) is 1.44. The molecule has 0 aliphatic carbocycles. The molecule has 0 aromatic heterocycles. The Hall–Kier alpha value is -0.0900. The fourth-order valence-electron chi connectivity index (χ4n) is 0.943. The molecule has 0 fully saturated rings. The van der Waals surface area contributed by atoms with Gasteiger partial charge in [-0.25, -0.2) is 0 Å². The van der Waals surface area contributed by atoms with Gasteiger partial charge in [0.15, 0.2) is 0 Å². The number of aliphatic hydroxyl groups excluding tert-OH is 1. The molecule has 0 radical (unpaired) electrons. The van der Waals surface area contributed by atoms with Gasteiger partial charge in [0.2, 0.25) is 5.91 Å². The number of hydrogen-bond acceptors (Lipinski definition) is 2. The minimum absolute atomic E-state index is 0.0437. The average molecular weight is 252 g/mol. The minimum Gasteiger partial charge on any atom is -0.396 e. The molecule has 0 aliphatic rings. The van der Waals surface area contributed by atoms with E-state index in [1.807, 2.05) is 0 Å². The second-order valence-corrected chi connectivity index (χ2v) is 4.42. The van der Waals surface area contributed by atoms with Crippen LogP contribution < -0.4 is 5.32 Å². The molecule has 0 aromatic rings. The molecule has 1 unspecified atom stereocenters. The summed E-state index contributed by atoms with van der Waals surface area (Å²) in [5.41, 5.74) is 0. The summed E-state index contributed by atoms with van der Waals surface area (Å²) in [6.07, 6.45) is 3.96. The topological polar surface area (TPSA) is 49.3 Å². The van der Waals surface area contributed by atoms with Crippen LogP contribution in [0, 0.1) is 0 Å². The summed E-state index contributed by atoms with van der Waals surface area (Å²) >= 11 is 3.19. The van der Waals surface area contributed by atoms with Crippen molar-refractivity contribution in [1.29, 1.82) is 0 Å². The molecule has 1 atom stereocenters. The lowest BCUT2D eigenvalue weighted by Gasteiger charge is -2.05. The molecular formula is C9H18BrNO2. The Bertz CT molecular complexity index is 140. The van der Waals surface area contributed by atoms with Crippen molar-refractivity contribution in [3.05, 3.63) is 0 Å². The van der Waals surface area contributed by atoms with E-state index >= 15 is 0 Å². The SMILES string of the molecule is CC(Br)C(=O)NCCCCCCO. The molecule has 0 bridgehead atoms. The van der Waals surface area contributed by atoms with Crippen molar-refractivity contribution in [3.63, 3.8) is 0 Å². The molecule has 0 rings (SSSR count). The van der Waals surface area contributed by atoms with Crippen LogP contribution in [0.1, 0.15) is 32.6 Å². The standard InChI is InChI=1S/C9H18BrNO2/c1-8(10)9(13)11-6-4-2-3-5-7-12/h8,12H,2-7H2,1H3,(H,11,13). The Labute approximate surface area is 88.0 Å². The van der Waals surface area contributed by atoms with Gasteiger partial charge in [0.05, 0.1) is 4.83 Å². The summed E-state index contributed by atoms with van der Waals surface area (Å²) in [4.78, 5) is 10.9. The molecule has 0 saturated heterocycles. The van der Waals surface area contributed by atoms with Crippen molar-refractivity contribution >= 4 is 21.8 Å². The fourth-order valence-corrected chi connectivity index (χ4v) is 1.10. The Morgan fingerprint density at radius 3 is 2.54 bits per heavy atom. The highest BCUT2D eigenvalue weighted by molar-refractivity contribution is 9.10. The van der Waals surface area contributed by atoms with E-state index in [4.69, 9.17) is 5.11 Å².